The zero-order valence-corrected chi connectivity index (χ0v) is 11.7. The number of methoxy groups -OCH3 is 1. The zero-order chi connectivity index (χ0) is 13.2. The third-order valence-electron chi connectivity index (χ3n) is 2.92. The van der Waals surface area contributed by atoms with Crippen LogP contribution in [0.15, 0.2) is 12.4 Å². The first kappa shape index (κ1) is 15.1. The van der Waals surface area contributed by atoms with Crippen molar-refractivity contribution in [1.82, 2.24) is 15.1 Å². The summed E-state index contributed by atoms with van der Waals surface area (Å²) in [4.78, 5) is 0. The van der Waals surface area contributed by atoms with Crippen molar-refractivity contribution in [2.75, 3.05) is 34.0 Å². The van der Waals surface area contributed by atoms with Crippen LogP contribution in [0, 0.1) is 0 Å². The van der Waals surface area contributed by atoms with Crippen molar-refractivity contribution in [1.29, 1.82) is 0 Å². The van der Waals surface area contributed by atoms with Gasteiger partial charge in [0.15, 0.2) is 0 Å². The average Bonchev–Trinajstić information content (AvgIpc) is 2.84. The monoisotopic (exact) mass is 255 g/mol. The summed E-state index contributed by atoms with van der Waals surface area (Å²) in [5, 5.41) is 7.64. The Balaban J connectivity index is 2.23. The van der Waals surface area contributed by atoms with Gasteiger partial charge in [-0.2, -0.15) is 5.10 Å². The lowest BCUT2D eigenvalue weighted by atomic mass is 10.1. The van der Waals surface area contributed by atoms with Crippen molar-refractivity contribution < 1.29 is 9.47 Å². The van der Waals surface area contributed by atoms with Gasteiger partial charge in [0.25, 0.3) is 0 Å². The normalized spacial score (nSPS) is 12.8. The molecule has 1 unspecified atom stereocenters. The second-order valence-electron chi connectivity index (χ2n) is 4.24. The van der Waals surface area contributed by atoms with Gasteiger partial charge < -0.3 is 14.8 Å². The summed E-state index contributed by atoms with van der Waals surface area (Å²) in [5.74, 6) is 0. The predicted octanol–water partition coefficient (Wildman–Crippen LogP) is 1.61. The highest BCUT2D eigenvalue weighted by Gasteiger charge is 2.08. The lowest BCUT2D eigenvalue weighted by molar-refractivity contribution is 0.0677. The van der Waals surface area contributed by atoms with Gasteiger partial charge in [-0.25, -0.2) is 0 Å². The maximum Gasteiger partial charge on any atom is 0.0700 e. The van der Waals surface area contributed by atoms with Gasteiger partial charge in [0, 0.05) is 38.1 Å². The van der Waals surface area contributed by atoms with Crippen molar-refractivity contribution in [3.05, 3.63) is 18.0 Å². The lowest BCUT2D eigenvalue weighted by Crippen LogP contribution is -2.14. The van der Waals surface area contributed by atoms with Crippen LogP contribution < -0.4 is 5.32 Å². The van der Waals surface area contributed by atoms with Gasteiger partial charge >= 0.3 is 0 Å². The number of aryl methyl sites for hydroxylation is 1. The number of ether oxygens (including phenoxy) is 2. The molecule has 0 radical (unpaired) electrons. The van der Waals surface area contributed by atoms with E-state index in [1.807, 2.05) is 17.9 Å². The van der Waals surface area contributed by atoms with E-state index in [2.05, 4.69) is 23.5 Å². The van der Waals surface area contributed by atoms with Crippen molar-refractivity contribution in [3.63, 3.8) is 0 Å². The average molecular weight is 255 g/mol. The summed E-state index contributed by atoms with van der Waals surface area (Å²) < 4.78 is 12.3. The maximum absolute atomic E-state index is 5.41. The van der Waals surface area contributed by atoms with E-state index in [0.717, 1.165) is 26.0 Å². The first-order valence-electron chi connectivity index (χ1n) is 6.58. The van der Waals surface area contributed by atoms with E-state index in [1.165, 1.54) is 5.56 Å². The summed E-state index contributed by atoms with van der Waals surface area (Å²) in [5.41, 5.74) is 1.25. The smallest absolute Gasteiger partial charge is 0.0700 e. The highest BCUT2D eigenvalue weighted by molar-refractivity contribution is 5.09. The Hall–Kier alpha value is -0.910. The summed E-state index contributed by atoms with van der Waals surface area (Å²) in [6.45, 7) is 5.14. The van der Waals surface area contributed by atoms with Crippen LogP contribution in [-0.2, 0) is 16.0 Å². The van der Waals surface area contributed by atoms with Gasteiger partial charge in [0.05, 0.1) is 19.4 Å². The molecule has 1 aromatic rings. The second-order valence-corrected chi connectivity index (χ2v) is 4.24. The van der Waals surface area contributed by atoms with Crippen LogP contribution in [-0.4, -0.2) is 43.8 Å². The largest absolute Gasteiger partial charge is 0.382 e. The zero-order valence-electron chi connectivity index (χ0n) is 11.7. The minimum atomic E-state index is 0.400. The minimum absolute atomic E-state index is 0.400. The molecule has 5 nitrogen and oxygen atoms in total. The quantitative estimate of drug-likeness (QED) is 0.645. The third-order valence-corrected chi connectivity index (χ3v) is 2.92. The molecule has 18 heavy (non-hydrogen) atoms. The van der Waals surface area contributed by atoms with Crippen molar-refractivity contribution in [2.24, 2.45) is 0 Å². The van der Waals surface area contributed by atoms with Crippen molar-refractivity contribution in [2.45, 2.75) is 32.4 Å². The molecule has 1 rings (SSSR count). The molecule has 0 amide bonds. The molecule has 1 aromatic heterocycles. The molecular weight excluding hydrogens is 230 g/mol. The Morgan fingerprint density at radius 3 is 2.89 bits per heavy atom. The molecule has 5 heteroatoms. The Labute approximate surface area is 109 Å². The summed E-state index contributed by atoms with van der Waals surface area (Å²) in [6.07, 6.45) is 6.10. The first-order chi connectivity index (χ1) is 8.81. The molecule has 104 valence electrons. The summed E-state index contributed by atoms with van der Waals surface area (Å²) in [6, 6.07) is 0.400. The molecule has 0 saturated carbocycles. The molecule has 0 aliphatic rings. The topological polar surface area (TPSA) is 48.3 Å². The Morgan fingerprint density at radius 2 is 2.22 bits per heavy atom. The van der Waals surface area contributed by atoms with E-state index in [9.17, 15) is 0 Å². The minimum Gasteiger partial charge on any atom is -0.382 e. The fraction of sp³-hybridized carbons (Fsp3) is 0.769. The molecule has 0 saturated heterocycles. The first-order valence-corrected chi connectivity index (χ1v) is 6.58. The number of hydrogen-bond acceptors (Lipinski definition) is 4. The lowest BCUT2D eigenvalue weighted by Gasteiger charge is -2.10. The Bertz CT molecular complexity index is 311. The second kappa shape index (κ2) is 9.08. The van der Waals surface area contributed by atoms with Crippen LogP contribution in [0.25, 0.3) is 0 Å². The van der Waals surface area contributed by atoms with E-state index >= 15 is 0 Å². The van der Waals surface area contributed by atoms with Crippen molar-refractivity contribution >= 4 is 0 Å². The van der Waals surface area contributed by atoms with E-state index in [-0.39, 0.29) is 0 Å². The van der Waals surface area contributed by atoms with Gasteiger partial charge in [0.1, 0.15) is 0 Å². The number of hydrogen-bond donors (Lipinski definition) is 1. The Kier molecular flexibility index (Phi) is 7.64. The molecule has 0 aromatic carbocycles. The van der Waals surface area contributed by atoms with Crippen LogP contribution in [0.2, 0.25) is 0 Å². The van der Waals surface area contributed by atoms with Crippen LogP contribution in [0.4, 0.5) is 0 Å². The highest BCUT2D eigenvalue weighted by Crippen LogP contribution is 2.14. The standard InChI is InChI=1S/C13H25N3O2/c1-4-13(14-2)12-10-15-16(11-12)6-5-7-18-9-8-17-3/h10-11,13-14H,4-9H2,1-3H3. The molecule has 0 aliphatic heterocycles. The van der Waals surface area contributed by atoms with Gasteiger partial charge in [0.2, 0.25) is 0 Å². The van der Waals surface area contributed by atoms with Gasteiger partial charge in [-0.1, -0.05) is 6.92 Å². The van der Waals surface area contributed by atoms with Gasteiger partial charge in [-0.3, -0.25) is 4.68 Å². The number of aromatic nitrogens is 2. The van der Waals surface area contributed by atoms with Gasteiger partial charge in [-0.15, -0.1) is 0 Å². The number of rotatable bonds is 10. The molecule has 1 N–H and O–H groups in total. The fourth-order valence-corrected chi connectivity index (χ4v) is 1.86. The maximum atomic E-state index is 5.41. The van der Waals surface area contributed by atoms with Crippen LogP contribution in [0.5, 0.6) is 0 Å². The third kappa shape index (κ3) is 5.16. The summed E-state index contributed by atoms with van der Waals surface area (Å²) in [7, 11) is 3.66. The molecule has 0 aliphatic carbocycles. The molecular formula is C13H25N3O2. The molecule has 1 atom stereocenters. The summed E-state index contributed by atoms with van der Waals surface area (Å²) >= 11 is 0. The molecule has 0 bridgehead atoms. The van der Waals surface area contributed by atoms with Crippen LogP contribution in [0.1, 0.15) is 31.4 Å². The van der Waals surface area contributed by atoms with E-state index in [1.54, 1.807) is 7.11 Å². The van der Waals surface area contributed by atoms with E-state index in [4.69, 9.17) is 9.47 Å². The molecule has 1 heterocycles. The SMILES string of the molecule is CCC(NC)c1cnn(CCCOCCOC)c1. The number of nitrogens with zero attached hydrogens (tertiary/aromatic N) is 2. The van der Waals surface area contributed by atoms with E-state index in [0.29, 0.717) is 19.3 Å². The van der Waals surface area contributed by atoms with Crippen LogP contribution >= 0.6 is 0 Å². The highest BCUT2D eigenvalue weighted by atomic mass is 16.5. The number of nitrogens with one attached hydrogen (secondary N) is 1. The fourth-order valence-electron chi connectivity index (χ4n) is 1.86. The van der Waals surface area contributed by atoms with Crippen LogP contribution in [0.3, 0.4) is 0 Å². The molecule has 0 spiro atoms. The van der Waals surface area contributed by atoms with E-state index < -0.39 is 0 Å². The predicted molar refractivity (Wildman–Crippen MR) is 71.6 cm³/mol. The van der Waals surface area contributed by atoms with Gasteiger partial charge in [-0.05, 0) is 19.9 Å². The molecule has 0 fully saturated rings. The Morgan fingerprint density at radius 1 is 1.39 bits per heavy atom. The van der Waals surface area contributed by atoms with Crippen molar-refractivity contribution in [3.8, 4) is 0 Å².